The van der Waals surface area contributed by atoms with Crippen LogP contribution in [0.25, 0.3) is 0 Å². The standard InChI is InChI=1S/C25H34O3/c1-13-14(2)25(10-7-20(27)28-25)24(4)9-6-18-21(22(13)24)17-12-16(17)19-11-15(26)5-8-23(18,19)3/h11,13-14,16-18,21-22H,5-10,12H2,1-4H3/t13-,14+,16?,17?,18+,21-,22+,23-,24+,25+/m1/s1. The first-order chi connectivity index (χ1) is 13.2. The van der Waals surface area contributed by atoms with E-state index in [2.05, 4.69) is 33.8 Å². The molecule has 28 heavy (non-hydrogen) atoms. The Morgan fingerprint density at radius 3 is 2.57 bits per heavy atom. The van der Waals surface area contributed by atoms with E-state index in [0.29, 0.717) is 41.8 Å². The molecule has 0 radical (unpaired) electrons. The highest BCUT2D eigenvalue weighted by Gasteiger charge is 2.75. The molecule has 0 aromatic heterocycles. The Labute approximate surface area is 168 Å². The molecule has 0 bridgehead atoms. The molecule has 2 unspecified atom stereocenters. The zero-order chi connectivity index (χ0) is 19.6. The average molecular weight is 383 g/mol. The monoisotopic (exact) mass is 382 g/mol. The molecule has 0 aromatic rings. The van der Waals surface area contributed by atoms with E-state index in [1.165, 1.54) is 24.8 Å². The van der Waals surface area contributed by atoms with Crippen molar-refractivity contribution in [3.63, 3.8) is 0 Å². The van der Waals surface area contributed by atoms with Gasteiger partial charge in [-0.25, -0.2) is 0 Å². The van der Waals surface area contributed by atoms with E-state index in [4.69, 9.17) is 4.74 Å². The van der Waals surface area contributed by atoms with Crippen LogP contribution >= 0.6 is 0 Å². The van der Waals surface area contributed by atoms with Crippen LogP contribution in [0.2, 0.25) is 0 Å². The molecule has 0 aromatic carbocycles. The Kier molecular flexibility index (Phi) is 3.25. The predicted molar refractivity (Wildman–Crippen MR) is 106 cm³/mol. The number of esters is 1. The fraction of sp³-hybridized carbons (Fsp3) is 0.840. The molecule has 3 heteroatoms. The Morgan fingerprint density at radius 2 is 1.86 bits per heavy atom. The Bertz CT molecular complexity index is 813. The molecule has 6 rings (SSSR count). The minimum atomic E-state index is -0.233. The van der Waals surface area contributed by atoms with Crippen LogP contribution in [0.15, 0.2) is 11.6 Å². The van der Waals surface area contributed by atoms with Gasteiger partial charge in [0.2, 0.25) is 0 Å². The summed E-state index contributed by atoms with van der Waals surface area (Å²) in [5, 5.41) is 0. The number of fused-ring (bicyclic) bond motifs is 9. The van der Waals surface area contributed by atoms with Gasteiger partial charge in [-0.2, -0.15) is 0 Å². The average Bonchev–Trinajstić information content (AvgIpc) is 3.32. The van der Waals surface area contributed by atoms with Crippen LogP contribution in [0, 0.1) is 52.3 Å². The van der Waals surface area contributed by atoms with Crippen molar-refractivity contribution in [1.82, 2.24) is 0 Å². The van der Waals surface area contributed by atoms with Crippen LogP contribution in [0.3, 0.4) is 0 Å². The first-order valence-corrected chi connectivity index (χ1v) is 11.7. The molecule has 5 fully saturated rings. The van der Waals surface area contributed by atoms with Crippen molar-refractivity contribution in [2.75, 3.05) is 0 Å². The maximum Gasteiger partial charge on any atom is 0.306 e. The maximum atomic E-state index is 12.2. The quantitative estimate of drug-likeness (QED) is 0.557. The topological polar surface area (TPSA) is 43.4 Å². The second-order valence-electron chi connectivity index (χ2n) is 11.7. The molecule has 1 saturated heterocycles. The Balaban J connectivity index is 1.45. The number of hydrogen-bond acceptors (Lipinski definition) is 3. The van der Waals surface area contributed by atoms with E-state index in [1.54, 1.807) is 0 Å². The molecular weight excluding hydrogens is 348 g/mol. The van der Waals surface area contributed by atoms with Crippen LogP contribution in [-0.2, 0) is 14.3 Å². The van der Waals surface area contributed by atoms with Crippen molar-refractivity contribution in [2.24, 2.45) is 52.3 Å². The number of rotatable bonds is 0. The SMILES string of the molecule is C[C@H]1[C@H]2[C@@H]3C4CC4C4=CC(=O)CC[C@]4(C)[C@H]3CC[C@]2(C)[C@]2(CCC(=O)O2)[C@H]1C. The molecule has 1 aliphatic heterocycles. The third-order valence-corrected chi connectivity index (χ3v) is 11.1. The van der Waals surface area contributed by atoms with Gasteiger partial charge in [-0.15, -0.1) is 0 Å². The molecule has 10 atom stereocenters. The Morgan fingerprint density at radius 1 is 1.07 bits per heavy atom. The molecule has 1 spiro atoms. The van der Waals surface area contributed by atoms with Gasteiger partial charge < -0.3 is 4.74 Å². The first-order valence-electron chi connectivity index (χ1n) is 11.7. The van der Waals surface area contributed by atoms with E-state index < -0.39 is 0 Å². The highest BCUT2D eigenvalue weighted by Crippen LogP contribution is 2.77. The molecule has 0 N–H and O–H groups in total. The number of allylic oxidation sites excluding steroid dienone is 1. The minimum absolute atomic E-state index is 0.0268. The minimum Gasteiger partial charge on any atom is -0.458 e. The van der Waals surface area contributed by atoms with Crippen molar-refractivity contribution < 1.29 is 14.3 Å². The van der Waals surface area contributed by atoms with Crippen LogP contribution in [-0.4, -0.2) is 17.4 Å². The summed E-state index contributed by atoms with van der Waals surface area (Å²) in [4.78, 5) is 24.4. The van der Waals surface area contributed by atoms with Crippen molar-refractivity contribution in [2.45, 2.75) is 78.2 Å². The van der Waals surface area contributed by atoms with Crippen molar-refractivity contribution in [3.8, 4) is 0 Å². The summed E-state index contributed by atoms with van der Waals surface area (Å²) in [6, 6.07) is 0. The van der Waals surface area contributed by atoms with Gasteiger partial charge in [0.1, 0.15) is 5.60 Å². The molecule has 4 saturated carbocycles. The first kappa shape index (κ1) is 17.7. The second-order valence-corrected chi connectivity index (χ2v) is 11.7. The van der Waals surface area contributed by atoms with Crippen LogP contribution in [0.1, 0.15) is 72.6 Å². The van der Waals surface area contributed by atoms with Gasteiger partial charge in [-0.3, -0.25) is 9.59 Å². The van der Waals surface area contributed by atoms with Crippen molar-refractivity contribution >= 4 is 11.8 Å². The van der Waals surface area contributed by atoms with Gasteiger partial charge in [0.15, 0.2) is 5.78 Å². The molecular formula is C25H34O3. The maximum absolute atomic E-state index is 12.2. The lowest BCUT2D eigenvalue weighted by Crippen LogP contribution is -2.56. The van der Waals surface area contributed by atoms with Gasteiger partial charge in [-0.05, 0) is 85.0 Å². The van der Waals surface area contributed by atoms with Gasteiger partial charge in [0.05, 0.1) is 0 Å². The predicted octanol–water partition coefficient (Wildman–Crippen LogP) is 4.94. The highest BCUT2D eigenvalue weighted by molar-refractivity contribution is 5.92. The van der Waals surface area contributed by atoms with Gasteiger partial charge >= 0.3 is 5.97 Å². The van der Waals surface area contributed by atoms with E-state index >= 15 is 0 Å². The summed E-state index contributed by atoms with van der Waals surface area (Å²) in [5.74, 6) is 4.96. The summed E-state index contributed by atoms with van der Waals surface area (Å²) < 4.78 is 6.24. The molecule has 6 aliphatic rings. The number of ether oxygens (including phenoxy) is 1. The van der Waals surface area contributed by atoms with Gasteiger partial charge in [0.25, 0.3) is 0 Å². The van der Waals surface area contributed by atoms with E-state index in [-0.39, 0.29) is 22.4 Å². The van der Waals surface area contributed by atoms with Crippen LogP contribution < -0.4 is 0 Å². The summed E-state index contributed by atoms with van der Waals surface area (Å²) in [7, 11) is 0. The van der Waals surface area contributed by atoms with Crippen LogP contribution in [0.4, 0.5) is 0 Å². The fourth-order valence-corrected chi connectivity index (χ4v) is 9.66. The fourth-order valence-electron chi connectivity index (χ4n) is 9.66. The normalized spacial score (nSPS) is 59.1. The lowest BCUT2D eigenvalue weighted by atomic mass is 9.45. The van der Waals surface area contributed by atoms with E-state index in [0.717, 1.165) is 31.1 Å². The van der Waals surface area contributed by atoms with Crippen LogP contribution in [0.5, 0.6) is 0 Å². The molecule has 5 aliphatic carbocycles. The van der Waals surface area contributed by atoms with E-state index in [1.807, 2.05) is 0 Å². The molecule has 3 nitrogen and oxygen atoms in total. The summed E-state index contributed by atoms with van der Waals surface area (Å²) >= 11 is 0. The zero-order valence-electron chi connectivity index (χ0n) is 17.8. The third kappa shape index (κ3) is 1.80. The summed E-state index contributed by atoms with van der Waals surface area (Å²) in [6.07, 6.45) is 9.07. The third-order valence-electron chi connectivity index (χ3n) is 11.1. The number of hydrogen-bond donors (Lipinski definition) is 0. The lowest BCUT2D eigenvalue weighted by Gasteiger charge is -2.59. The number of carbonyl (C=O) groups excluding carboxylic acids is 2. The van der Waals surface area contributed by atoms with Crippen molar-refractivity contribution in [3.05, 3.63) is 11.6 Å². The van der Waals surface area contributed by atoms with E-state index in [9.17, 15) is 9.59 Å². The molecule has 1 heterocycles. The van der Waals surface area contributed by atoms with Gasteiger partial charge in [-0.1, -0.05) is 33.3 Å². The van der Waals surface area contributed by atoms with Crippen molar-refractivity contribution in [1.29, 1.82) is 0 Å². The summed E-state index contributed by atoms with van der Waals surface area (Å²) in [6.45, 7) is 9.77. The lowest BCUT2D eigenvalue weighted by molar-refractivity contribution is -0.174. The Hall–Kier alpha value is -1.12. The zero-order valence-corrected chi connectivity index (χ0v) is 17.8. The smallest absolute Gasteiger partial charge is 0.306 e. The highest BCUT2D eigenvalue weighted by atomic mass is 16.6. The summed E-state index contributed by atoms with van der Waals surface area (Å²) in [5.41, 5.74) is 1.62. The number of carbonyl (C=O) groups is 2. The largest absolute Gasteiger partial charge is 0.458 e. The van der Waals surface area contributed by atoms with Gasteiger partial charge in [0, 0.05) is 18.3 Å². The molecule has 152 valence electrons. The number of ketones is 1. The molecule has 0 amide bonds. The second kappa shape index (κ2) is 5.13.